The van der Waals surface area contributed by atoms with Crippen molar-refractivity contribution in [1.82, 2.24) is 0 Å². The number of carbonyl (C=O) groups is 2. The third-order valence-electron chi connectivity index (χ3n) is 1.85. The summed E-state index contributed by atoms with van der Waals surface area (Å²) in [6.45, 7) is 2.01. The molecule has 0 aromatic rings. The molecule has 6 heteroatoms. The summed E-state index contributed by atoms with van der Waals surface area (Å²) in [5.41, 5.74) is 0.106. The lowest BCUT2D eigenvalue weighted by molar-refractivity contribution is -0.251. The predicted octanol–water partition coefficient (Wildman–Crippen LogP) is 1.61. The lowest BCUT2D eigenvalue weighted by atomic mass is 10.1. The van der Waals surface area contributed by atoms with Crippen LogP contribution in [0, 0.1) is 0 Å². The predicted molar refractivity (Wildman–Crippen MR) is 54.0 cm³/mol. The fraction of sp³-hybridized carbons (Fsp3) is 0.600. The van der Waals surface area contributed by atoms with Crippen molar-refractivity contribution in [1.29, 1.82) is 0 Å². The summed E-state index contributed by atoms with van der Waals surface area (Å²) in [6, 6.07) is 0. The van der Waals surface area contributed by atoms with Crippen LogP contribution in [-0.2, 0) is 24.3 Å². The van der Waals surface area contributed by atoms with Crippen LogP contribution in [0.4, 0.5) is 0 Å². The minimum absolute atomic E-state index is 0.106. The van der Waals surface area contributed by atoms with Crippen molar-refractivity contribution < 1.29 is 29.5 Å². The molecule has 0 aliphatic rings. The molecule has 0 atom stereocenters. The zero-order valence-electron chi connectivity index (χ0n) is 9.39. The van der Waals surface area contributed by atoms with Crippen LogP contribution in [0.2, 0.25) is 0 Å². The molecule has 0 rings (SSSR count). The Morgan fingerprint density at radius 2 is 2.00 bits per heavy atom. The van der Waals surface area contributed by atoms with Crippen LogP contribution in [0.1, 0.15) is 32.6 Å². The van der Waals surface area contributed by atoms with Crippen LogP contribution < -0.4 is 0 Å². The molecule has 0 spiro atoms. The monoisotopic (exact) mass is 232 g/mol. The van der Waals surface area contributed by atoms with Gasteiger partial charge in [0.2, 0.25) is 0 Å². The van der Waals surface area contributed by atoms with Crippen LogP contribution in [0.3, 0.4) is 0 Å². The van der Waals surface area contributed by atoms with Crippen LogP contribution in [0.25, 0.3) is 0 Å². The molecule has 92 valence electrons. The van der Waals surface area contributed by atoms with Gasteiger partial charge in [0.1, 0.15) is 0 Å². The van der Waals surface area contributed by atoms with Crippen LogP contribution in [0.15, 0.2) is 11.6 Å². The first-order valence-corrected chi connectivity index (χ1v) is 4.96. The minimum Gasteiger partial charge on any atom is -0.296 e. The molecule has 0 aliphatic carbocycles. The normalized spacial score (nSPS) is 11.1. The van der Waals surface area contributed by atoms with E-state index >= 15 is 0 Å². The molecular weight excluding hydrogens is 216 g/mol. The second-order valence-corrected chi connectivity index (χ2v) is 3.07. The maximum absolute atomic E-state index is 11.3. The van der Waals surface area contributed by atoms with Crippen molar-refractivity contribution in [2.75, 3.05) is 7.11 Å². The molecule has 0 radical (unpaired) electrons. The highest BCUT2D eigenvalue weighted by molar-refractivity contribution is 5.95. The summed E-state index contributed by atoms with van der Waals surface area (Å²) in [4.78, 5) is 34.0. The third kappa shape index (κ3) is 6.15. The zero-order valence-corrected chi connectivity index (χ0v) is 9.39. The van der Waals surface area contributed by atoms with E-state index in [1.54, 1.807) is 0 Å². The van der Waals surface area contributed by atoms with Gasteiger partial charge < -0.3 is 0 Å². The molecule has 0 aromatic carbocycles. The smallest absolute Gasteiger partial charge is 0.296 e. The Kier molecular flexibility index (Phi) is 8.10. The summed E-state index contributed by atoms with van der Waals surface area (Å²) in [5, 5.41) is 8.09. The highest BCUT2D eigenvalue weighted by atomic mass is 17.2. The van der Waals surface area contributed by atoms with Crippen molar-refractivity contribution in [2.24, 2.45) is 0 Å². The fourth-order valence-electron chi connectivity index (χ4n) is 1.10. The molecule has 0 aromatic heterocycles. The average Bonchev–Trinajstić information content (AvgIpc) is 2.28. The third-order valence-corrected chi connectivity index (χ3v) is 1.85. The number of unbranched alkanes of at least 4 members (excludes halogenated alkanes) is 2. The summed E-state index contributed by atoms with van der Waals surface area (Å²) >= 11 is 0. The molecule has 16 heavy (non-hydrogen) atoms. The molecule has 0 aliphatic heterocycles. The summed E-state index contributed by atoms with van der Waals surface area (Å²) in [5.74, 6) is -1.77. The molecule has 0 amide bonds. The molecule has 1 N–H and O–H groups in total. The highest BCUT2D eigenvalue weighted by Gasteiger charge is 2.14. The van der Waals surface area contributed by atoms with E-state index in [4.69, 9.17) is 5.26 Å². The maximum atomic E-state index is 11.3. The standard InChI is InChI=1S/C10H16O6/c1-3-4-5-6-8(7-9(11)15-13)10(12)16-14-2/h7,13H,3-6H2,1-2H3. The van der Waals surface area contributed by atoms with Gasteiger partial charge in [-0.05, 0) is 12.8 Å². The first-order valence-electron chi connectivity index (χ1n) is 4.96. The van der Waals surface area contributed by atoms with Gasteiger partial charge in [0.25, 0.3) is 0 Å². The molecule has 0 bridgehead atoms. The van der Waals surface area contributed by atoms with E-state index in [0.717, 1.165) is 25.3 Å². The SMILES string of the molecule is CCCCCC(=CC(=O)OO)C(=O)OOC. The number of rotatable bonds is 7. The molecule has 0 saturated carbocycles. The van der Waals surface area contributed by atoms with E-state index in [-0.39, 0.29) is 5.57 Å². The van der Waals surface area contributed by atoms with Gasteiger partial charge in [-0.3, -0.25) is 9.78 Å². The van der Waals surface area contributed by atoms with Crippen molar-refractivity contribution in [3.63, 3.8) is 0 Å². The van der Waals surface area contributed by atoms with E-state index in [9.17, 15) is 9.59 Å². The Bertz CT molecular complexity index is 258. The topological polar surface area (TPSA) is 82.1 Å². The maximum Gasteiger partial charge on any atom is 0.369 e. The zero-order chi connectivity index (χ0) is 12.4. The van der Waals surface area contributed by atoms with Gasteiger partial charge in [-0.2, -0.15) is 10.1 Å². The highest BCUT2D eigenvalue weighted by Crippen LogP contribution is 2.11. The van der Waals surface area contributed by atoms with Crippen molar-refractivity contribution >= 4 is 11.9 Å². The average molecular weight is 232 g/mol. The molecular formula is C10H16O6. The van der Waals surface area contributed by atoms with Crippen LogP contribution in [-0.4, -0.2) is 24.3 Å². The van der Waals surface area contributed by atoms with E-state index in [1.807, 2.05) is 6.92 Å². The first kappa shape index (κ1) is 14.6. The minimum atomic E-state index is -1.01. The second kappa shape index (κ2) is 8.87. The summed E-state index contributed by atoms with van der Waals surface area (Å²) in [6.07, 6.45) is 3.89. The summed E-state index contributed by atoms with van der Waals surface area (Å²) < 4.78 is 0. The van der Waals surface area contributed by atoms with Crippen molar-refractivity contribution in [3.05, 3.63) is 11.6 Å². The second-order valence-electron chi connectivity index (χ2n) is 3.07. The lowest BCUT2D eigenvalue weighted by Gasteiger charge is -2.04. The van der Waals surface area contributed by atoms with E-state index in [2.05, 4.69) is 14.7 Å². The fourth-order valence-corrected chi connectivity index (χ4v) is 1.10. The Morgan fingerprint density at radius 3 is 2.50 bits per heavy atom. The van der Waals surface area contributed by atoms with Gasteiger partial charge in [-0.1, -0.05) is 19.8 Å². The van der Waals surface area contributed by atoms with Crippen LogP contribution >= 0.6 is 0 Å². The largest absolute Gasteiger partial charge is 0.369 e. The van der Waals surface area contributed by atoms with E-state index in [0.29, 0.717) is 6.42 Å². The van der Waals surface area contributed by atoms with Crippen LogP contribution in [0.5, 0.6) is 0 Å². The lowest BCUT2D eigenvalue weighted by Crippen LogP contribution is -2.10. The Labute approximate surface area is 93.7 Å². The van der Waals surface area contributed by atoms with E-state index < -0.39 is 11.9 Å². The van der Waals surface area contributed by atoms with Crippen molar-refractivity contribution in [2.45, 2.75) is 32.6 Å². The number of hydrogen-bond acceptors (Lipinski definition) is 6. The first-order chi connectivity index (χ1) is 7.65. The summed E-state index contributed by atoms with van der Waals surface area (Å²) in [7, 11) is 1.19. The van der Waals surface area contributed by atoms with Gasteiger partial charge in [-0.25, -0.2) is 9.59 Å². The van der Waals surface area contributed by atoms with Gasteiger partial charge in [0, 0.05) is 11.6 Å². The molecule has 6 nitrogen and oxygen atoms in total. The molecule has 0 saturated heterocycles. The molecule has 0 fully saturated rings. The Balaban J connectivity index is 4.43. The van der Waals surface area contributed by atoms with Gasteiger partial charge in [0.15, 0.2) is 0 Å². The van der Waals surface area contributed by atoms with Gasteiger partial charge >= 0.3 is 11.9 Å². The van der Waals surface area contributed by atoms with Crippen molar-refractivity contribution in [3.8, 4) is 0 Å². The Hall–Kier alpha value is -1.40. The number of carbonyl (C=O) groups excluding carboxylic acids is 2. The van der Waals surface area contributed by atoms with Gasteiger partial charge in [-0.15, -0.1) is 0 Å². The van der Waals surface area contributed by atoms with Gasteiger partial charge in [0.05, 0.1) is 7.11 Å². The number of hydrogen-bond donors (Lipinski definition) is 1. The quantitative estimate of drug-likeness (QED) is 0.311. The Morgan fingerprint density at radius 1 is 1.31 bits per heavy atom. The molecule has 0 heterocycles. The van der Waals surface area contributed by atoms with E-state index in [1.165, 1.54) is 7.11 Å². The molecule has 0 unspecified atom stereocenters.